The number of furan rings is 1. The minimum Gasteiger partial charge on any atom is -0.469 e. The van der Waals surface area contributed by atoms with Gasteiger partial charge in [-0.25, -0.2) is 0 Å². The first-order valence-corrected chi connectivity index (χ1v) is 5.70. The summed E-state index contributed by atoms with van der Waals surface area (Å²) in [5.41, 5.74) is 0. The van der Waals surface area contributed by atoms with Crippen LogP contribution in [-0.4, -0.2) is 11.2 Å². The lowest BCUT2D eigenvalue weighted by atomic mass is 10.1. The fourth-order valence-electron chi connectivity index (χ4n) is 1.47. The molecule has 0 saturated heterocycles. The number of unbranched alkanes of at least 4 members (excludes halogenated alkanes) is 2. The van der Waals surface area contributed by atoms with Gasteiger partial charge in [-0.05, 0) is 18.6 Å². The zero-order valence-corrected chi connectivity index (χ0v) is 9.36. The fraction of sp³-hybridized carbons (Fsp3) is 0.538. The van der Waals surface area contributed by atoms with Crippen molar-refractivity contribution in [2.24, 2.45) is 0 Å². The smallest absolute Gasteiger partial charge is 0.107 e. The van der Waals surface area contributed by atoms with Crippen molar-refractivity contribution in [3.8, 4) is 0 Å². The molecule has 2 heteroatoms. The maximum atomic E-state index is 9.59. The van der Waals surface area contributed by atoms with Crippen molar-refractivity contribution in [3.05, 3.63) is 36.3 Å². The van der Waals surface area contributed by atoms with Gasteiger partial charge in [-0.1, -0.05) is 38.3 Å². The van der Waals surface area contributed by atoms with Crippen LogP contribution in [0.5, 0.6) is 0 Å². The van der Waals surface area contributed by atoms with Gasteiger partial charge in [-0.2, -0.15) is 0 Å². The fourth-order valence-corrected chi connectivity index (χ4v) is 1.47. The van der Waals surface area contributed by atoms with Crippen LogP contribution in [0.3, 0.4) is 0 Å². The van der Waals surface area contributed by atoms with E-state index in [4.69, 9.17) is 4.42 Å². The van der Waals surface area contributed by atoms with E-state index in [1.165, 1.54) is 12.8 Å². The highest BCUT2D eigenvalue weighted by Crippen LogP contribution is 2.06. The Morgan fingerprint density at radius 2 is 2.33 bits per heavy atom. The third-order valence-electron chi connectivity index (χ3n) is 2.36. The number of aliphatic hydroxyl groups is 1. The molecular formula is C13H20O2. The summed E-state index contributed by atoms with van der Waals surface area (Å²) in [4.78, 5) is 0. The van der Waals surface area contributed by atoms with E-state index >= 15 is 0 Å². The molecule has 0 bridgehead atoms. The van der Waals surface area contributed by atoms with Crippen LogP contribution in [0, 0.1) is 0 Å². The van der Waals surface area contributed by atoms with E-state index in [2.05, 4.69) is 6.92 Å². The molecule has 1 rings (SSSR count). The number of hydrogen-bond acceptors (Lipinski definition) is 2. The minimum atomic E-state index is -0.300. The molecule has 1 N–H and O–H groups in total. The second-order valence-corrected chi connectivity index (χ2v) is 3.77. The molecule has 2 nitrogen and oxygen atoms in total. The summed E-state index contributed by atoms with van der Waals surface area (Å²) in [7, 11) is 0. The number of hydrogen-bond donors (Lipinski definition) is 1. The third-order valence-corrected chi connectivity index (χ3v) is 2.36. The first-order chi connectivity index (χ1) is 7.33. The monoisotopic (exact) mass is 208 g/mol. The molecule has 1 atom stereocenters. The van der Waals surface area contributed by atoms with Gasteiger partial charge in [-0.15, -0.1) is 0 Å². The highest BCUT2D eigenvalue weighted by Gasteiger charge is 1.98. The van der Waals surface area contributed by atoms with Crippen molar-refractivity contribution < 1.29 is 9.52 Å². The van der Waals surface area contributed by atoms with E-state index in [-0.39, 0.29) is 6.10 Å². The highest BCUT2D eigenvalue weighted by molar-refractivity contribution is 5.04. The Hall–Kier alpha value is -1.02. The van der Waals surface area contributed by atoms with Crippen LogP contribution >= 0.6 is 0 Å². The maximum Gasteiger partial charge on any atom is 0.107 e. The molecule has 84 valence electrons. The first-order valence-electron chi connectivity index (χ1n) is 5.70. The molecule has 0 spiro atoms. The SMILES string of the molecule is CCCCCC(O)/C=C/Cc1ccco1. The number of rotatable bonds is 7. The third kappa shape index (κ3) is 5.43. The average Bonchev–Trinajstić information content (AvgIpc) is 2.71. The van der Waals surface area contributed by atoms with E-state index in [1.807, 2.05) is 24.3 Å². The van der Waals surface area contributed by atoms with Gasteiger partial charge in [-0.3, -0.25) is 0 Å². The van der Waals surface area contributed by atoms with Gasteiger partial charge in [0.25, 0.3) is 0 Å². The van der Waals surface area contributed by atoms with E-state index in [1.54, 1.807) is 6.26 Å². The van der Waals surface area contributed by atoms with E-state index in [9.17, 15) is 5.11 Å². The van der Waals surface area contributed by atoms with Gasteiger partial charge in [0.05, 0.1) is 12.4 Å². The molecule has 0 radical (unpaired) electrons. The molecule has 1 aromatic rings. The molecule has 0 fully saturated rings. The molecule has 0 aliphatic carbocycles. The van der Waals surface area contributed by atoms with E-state index in [0.717, 1.165) is 25.0 Å². The van der Waals surface area contributed by atoms with Crippen molar-refractivity contribution in [2.75, 3.05) is 0 Å². The first kappa shape index (κ1) is 12.1. The maximum absolute atomic E-state index is 9.59. The Balaban J connectivity index is 2.14. The molecule has 0 saturated carbocycles. The van der Waals surface area contributed by atoms with Crippen LogP contribution in [0.4, 0.5) is 0 Å². The summed E-state index contributed by atoms with van der Waals surface area (Å²) in [5, 5.41) is 9.59. The van der Waals surface area contributed by atoms with Gasteiger partial charge in [0.15, 0.2) is 0 Å². The van der Waals surface area contributed by atoms with Crippen molar-refractivity contribution in [2.45, 2.75) is 45.1 Å². The molecule has 1 heterocycles. The highest BCUT2D eigenvalue weighted by atomic mass is 16.3. The summed E-state index contributed by atoms with van der Waals surface area (Å²) in [6, 6.07) is 3.81. The lowest BCUT2D eigenvalue weighted by Gasteiger charge is -2.03. The van der Waals surface area contributed by atoms with Gasteiger partial charge in [0.2, 0.25) is 0 Å². The summed E-state index contributed by atoms with van der Waals surface area (Å²) in [5.74, 6) is 0.937. The van der Waals surface area contributed by atoms with Crippen LogP contribution in [-0.2, 0) is 6.42 Å². The summed E-state index contributed by atoms with van der Waals surface area (Å²) in [6.45, 7) is 2.17. The standard InChI is InChI=1S/C13H20O2/c1-2-3-4-7-12(14)8-5-9-13-10-6-11-15-13/h5-6,8,10-12,14H,2-4,7,9H2,1H3/b8-5+. The number of aliphatic hydroxyl groups excluding tert-OH is 1. The Labute approximate surface area is 91.6 Å². The summed E-state index contributed by atoms with van der Waals surface area (Å²) < 4.78 is 5.18. The normalized spacial score (nSPS) is 13.5. The zero-order chi connectivity index (χ0) is 10.9. The topological polar surface area (TPSA) is 33.4 Å². The Morgan fingerprint density at radius 1 is 1.47 bits per heavy atom. The average molecular weight is 208 g/mol. The van der Waals surface area contributed by atoms with Crippen molar-refractivity contribution >= 4 is 0 Å². The van der Waals surface area contributed by atoms with Crippen LogP contribution in [0.25, 0.3) is 0 Å². The summed E-state index contributed by atoms with van der Waals surface area (Å²) in [6.07, 6.45) is 10.3. The van der Waals surface area contributed by atoms with E-state index in [0.29, 0.717) is 0 Å². The van der Waals surface area contributed by atoms with Crippen molar-refractivity contribution in [3.63, 3.8) is 0 Å². The Morgan fingerprint density at radius 3 is 3.00 bits per heavy atom. The van der Waals surface area contributed by atoms with Gasteiger partial charge in [0, 0.05) is 6.42 Å². The van der Waals surface area contributed by atoms with Crippen molar-refractivity contribution in [1.82, 2.24) is 0 Å². The van der Waals surface area contributed by atoms with Crippen LogP contribution in [0.1, 0.15) is 38.4 Å². The molecule has 15 heavy (non-hydrogen) atoms. The summed E-state index contributed by atoms with van der Waals surface area (Å²) >= 11 is 0. The molecule has 0 aliphatic rings. The van der Waals surface area contributed by atoms with Gasteiger partial charge >= 0.3 is 0 Å². The molecule has 1 unspecified atom stereocenters. The predicted molar refractivity (Wildman–Crippen MR) is 61.7 cm³/mol. The predicted octanol–water partition coefficient (Wildman–Crippen LogP) is 3.32. The molecule has 0 aromatic carbocycles. The molecule has 0 aliphatic heterocycles. The molecule has 0 amide bonds. The number of allylic oxidation sites excluding steroid dienone is 1. The Kier molecular flexibility index (Phi) is 5.86. The lowest BCUT2D eigenvalue weighted by Crippen LogP contribution is -2.01. The molecule has 1 aromatic heterocycles. The van der Waals surface area contributed by atoms with Gasteiger partial charge < -0.3 is 9.52 Å². The quantitative estimate of drug-likeness (QED) is 0.551. The largest absolute Gasteiger partial charge is 0.469 e. The Bertz CT molecular complexity index is 262. The van der Waals surface area contributed by atoms with Gasteiger partial charge in [0.1, 0.15) is 5.76 Å². The second-order valence-electron chi connectivity index (χ2n) is 3.77. The molecular weight excluding hydrogens is 188 g/mol. The van der Waals surface area contributed by atoms with Crippen LogP contribution in [0.2, 0.25) is 0 Å². The van der Waals surface area contributed by atoms with E-state index < -0.39 is 0 Å². The minimum absolute atomic E-state index is 0.300. The van der Waals surface area contributed by atoms with Crippen LogP contribution < -0.4 is 0 Å². The van der Waals surface area contributed by atoms with Crippen molar-refractivity contribution in [1.29, 1.82) is 0 Å². The zero-order valence-electron chi connectivity index (χ0n) is 9.36. The lowest BCUT2D eigenvalue weighted by molar-refractivity contribution is 0.208. The van der Waals surface area contributed by atoms with Crippen LogP contribution in [0.15, 0.2) is 35.0 Å². The second kappa shape index (κ2) is 7.30.